The van der Waals surface area contributed by atoms with Gasteiger partial charge in [-0.1, -0.05) is 29.8 Å². The summed E-state index contributed by atoms with van der Waals surface area (Å²) in [6, 6.07) is 11.6. The van der Waals surface area contributed by atoms with Gasteiger partial charge in [0.05, 0.1) is 11.5 Å². The maximum absolute atomic E-state index is 12.3. The standard InChI is InChI=1S/C17H18ClN3O3/c1-3-20(15-6-4-5-7-16(15)21(23)24)11-17(22)19-14-10-13(18)9-8-12(14)2/h4-10H,3,11H2,1-2H3,(H,19,22). The molecule has 126 valence electrons. The second-order valence-corrected chi connectivity index (χ2v) is 5.70. The molecule has 0 aromatic heterocycles. The Balaban J connectivity index is 2.17. The first-order chi connectivity index (χ1) is 11.4. The Morgan fingerprint density at radius 2 is 2.00 bits per heavy atom. The fraction of sp³-hybridized carbons (Fsp3) is 0.235. The summed E-state index contributed by atoms with van der Waals surface area (Å²) < 4.78 is 0. The third-order valence-corrected chi connectivity index (χ3v) is 3.84. The van der Waals surface area contributed by atoms with Gasteiger partial charge < -0.3 is 10.2 Å². The van der Waals surface area contributed by atoms with Crippen LogP contribution in [0.3, 0.4) is 0 Å². The molecule has 6 nitrogen and oxygen atoms in total. The molecular formula is C17H18ClN3O3. The maximum atomic E-state index is 12.3. The zero-order chi connectivity index (χ0) is 17.7. The van der Waals surface area contributed by atoms with Crippen LogP contribution >= 0.6 is 11.6 Å². The molecule has 0 radical (unpaired) electrons. The minimum atomic E-state index is -0.447. The number of halogens is 1. The molecule has 24 heavy (non-hydrogen) atoms. The summed E-state index contributed by atoms with van der Waals surface area (Å²) in [5, 5.41) is 14.5. The van der Waals surface area contributed by atoms with Crippen molar-refractivity contribution in [3.8, 4) is 0 Å². The van der Waals surface area contributed by atoms with E-state index >= 15 is 0 Å². The van der Waals surface area contributed by atoms with Crippen LogP contribution in [0.15, 0.2) is 42.5 Å². The summed E-state index contributed by atoms with van der Waals surface area (Å²) in [5.74, 6) is -0.264. The molecule has 0 fully saturated rings. The number of nitrogens with one attached hydrogen (secondary N) is 1. The summed E-state index contributed by atoms with van der Waals surface area (Å²) in [6.07, 6.45) is 0. The van der Waals surface area contributed by atoms with Gasteiger partial charge in [-0.3, -0.25) is 14.9 Å². The number of hydrogen-bond donors (Lipinski definition) is 1. The van der Waals surface area contributed by atoms with Crippen LogP contribution in [-0.2, 0) is 4.79 Å². The molecular weight excluding hydrogens is 330 g/mol. The van der Waals surface area contributed by atoms with Gasteiger partial charge in [-0.05, 0) is 37.6 Å². The first-order valence-corrected chi connectivity index (χ1v) is 7.84. The zero-order valence-corrected chi connectivity index (χ0v) is 14.2. The van der Waals surface area contributed by atoms with Crippen molar-refractivity contribution in [2.75, 3.05) is 23.3 Å². The van der Waals surface area contributed by atoms with Crippen LogP contribution in [0.25, 0.3) is 0 Å². The van der Waals surface area contributed by atoms with E-state index in [0.717, 1.165) is 5.56 Å². The predicted octanol–water partition coefficient (Wildman–Crippen LogP) is 4.02. The van der Waals surface area contributed by atoms with E-state index in [1.807, 2.05) is 19.9 Å². The number of amides is 1. The number of nitro groups is 1. The van der Waals surface area contributed by atoms with E-state index < -0.39 is 4.92 Å². The highest BCUT2D eigenvalue weighted by Crippen LogP contribution is 2.27. The smallest absolute Gasteiger partial charge is 0.292 e. The van der Waals surface area contributed by atoms with Gasteiger partial charge in [-0.2, -0.15) is 0 Å². The zero-order valence-electron chi connectivity index (χ0n) is 13.5. The lowest BCUT2D eigenvalue weighted by Gasteiger charge is -2.22. The highest BCUT2D eigenvalue weighted by atomic mass is 35.5. The number of rotatable bonds is 6. The van der Waals surface area contributed by atoms with E-state index in [0.29, 0.717) is 22.9 Å². The topological polar surface area (TPSA) is 75.5 Å². The van der Waals surface area contributed by atoms with Gasteiger partial charge in [0.15, 0.2) is 0 Å². The van der Waals surface area contributed by atoms with Crippen molar-refractivity contribution in [2.45, 2.75) is 13.8 Å². The maximum Gasteiger partial charge on any atom is 0.292 e. The molecule has 0 saturated carbocycles. The van der Waals surface area contributed by atoms with Gasteiger partial charge in [0.25, 0.3) is 5.69 Å². The summed E-state index contributed by atoms with van der Waals surface area (Å²) in [5.41, 5.74) is 1.92. The summed E-state index contributed by atoms with van der Waals surface area (Å²) in [4.78, 5) is 24.7. The lowest BCUT2D eigenvalue weighted by molar-refractivity contribution is -0.384. The van der Waals surface area contributed by atoms with Crippen LogP contribution in [0.5, 0.6) is 0 Å². The Kier molecular flexibility index (Phi) is 5.76. The molecule has 0 aliphatic carbocycles. The van der Waals surface area contributed by atoms with Crippen molar-refractivity contribution < 1.29 is 9.72 Å². The van der Waals surface area contributed by atoms with Crippen molar-refractivity contribution in [3.63, 3.8) is 0 Å². The molecule has 0 bridgehead atoms. The summed E-state index contributed by atoms with van der Waals surface area (Å²) in [7, 11) is 0. The molecule has 0 aliphatic heterocycles. The van der Waals surface area contributed by atoms with Crippen molar-refractivity contribution in [3.05, 3.63) is 63.2 Å². The van der Waals surface area contributed by atoms with Crippen LogP contribution in [0.2, 0.25) is 5.02 Å². The Morgan fingerprint density at radius 1 is 1.29 bits per heavy atom. The number of benzene rings is 2. The largest absolute Gasteiger partial charge is 0.357 e. The summed E-state index contributed by atoms with van der Waals surface area (Å²) in [6.45, 7) is 4.18. The highest BCUT2D eigenvalue weighted by Gasteiger charge is 2.19. The van der Waals surface area contributed by atoms with Crippen LogP contribution in [0, 0.1) is 17.0 Å². The third kappa shape index (κ3) is 4.23. The number of anilines is 2. The van der Waals surface area contributed by atoms with Gasteiger partial charge >= 0.3 is 0 Å². The number of nitrogens with zero attached hydrogens (tertiary/aromatic N) is 2. The molecule has 0 saturated heterocycles. The fourth-order valence-corrected chi connectivity index (χ4v) is 2.52. The van der Waals surface area contributed by atoms with Gasteiger partial charge in [-0.25, -0.2) is 0 Å². The molecule has 7 heteroatoms. The van der Waals surface area contributed by atoms with Crippen LogP contribution < -0.4 is 10.2 Å². The van der Waals surface area contributed by atoms with Crippen molar-refractivity contribution in [1.29, 1.82) is 0 Å². The Bertz CT molecular complexity index is 764. The van der Waals surface area contributed by atoms with Crippen LogP contribution in [0.1, 0.15) is 12.5 Å². The third-order valence-electron chi connectivity index (χ3n) is 3.61. The molecule has 0 atom stereocenters. The van der Waals surface area contributed by atoms with Gasteiger partial charge in [0.2, 0.25) is 5.91 Å². The number of para-hydroxylation sites is 2. The fourth-order valence-electron chi connectivity index (χ4n) is 2.35. The molecule has 1 N–H and O–H groups in total. The number of aryl methyl sites for hydroxylation is 1. The SMILES string of the molecule is CCN(CC(=O)Nc1cc(Cl)ccc1C)c1ccccc1[N+](=O)[O-]. The highest BCUT2D eigenvalue weighted by molar-refractivity contribution is 6.31. The van der Waals surface area contributed by atoms with Gasteiger partial charge in [0.1, 0.15) is 5.69 Å². The Hall–Kier alpha value is -2.60. The lowest BCUT2D eigenvalue weighted by atomic mass is 10.2. The monoisotopic (exact) mass is 347 g/mol. The number of carbonyl (C=O) groups is 1. The van der Waals surface area contributed by atoms with E-state index in [4.69, 9.17) is 11.6 Å². The number of hydrogen-bond acceptors (Lipinski definition) is 4. The van der Waals surface area contributed by atoms with E-state index in [9.17, 15) is 14.9 Å². The van der Waals surface area contributed by atoms with E-state index in [-0.39, 0.29) is 18.1 Å². The number of nitro benzene ring substituents is 1. The molecule has 2 aromatic carbocycles. The van der Waals surface area contributed by atoms with Crippen molar-refractivity contribution in [2.24, 2.45) is 0 Å². The van der Waals surface area contributed by atoms with Gasteiger partial charge in [-0.15, -0.1) is 0 Å². The van der Waals surface area contributed by atoms with E-state index in [1.54, 1.807) is 35.2 Å². The van der Waals surface area contributed by atoms with Crippen molar-refractivity contribution in [1.82, 2.24) is 0 Å². The normalized spacial score (nSPS) is 10.3. The second-order valence-electron chi connectivity index (χ2n) is 5.27. The average molecular weight is 348 g/mol. The number of carbonyl (C=O) groups excluding carboxylic acids is 1. The molecule has 0 unspecified atom stereocenters. The molecule has 2 rings (SSSR count). The first kappa shape index (κ1) is 17.7. The molecule has 2 aromatic rings. The van der Waals surface area contributed by atoms with Gasteiger partial charge in [0, 0.05) is 23.3 Å². The van der Waals surface area contributed by atoms with E-state index in [1.165, 1.54) is 6.07 Å². The minimum Gasteiger partial charge on any atom is -0.357 e. The summed E-state index contributed by atoms with van der Waals surface area (Å²) >= 11 is 5.95. The molecule has 0 heterocycles. The molecule has 1 amide bonds. The quantitative estimate of drug-likeness (QED) is 0.632. The van der Waals surface area contributed by atoms with Crippen LogP contribution in [0.4, 0.5) is 17.1 Å². The molecule has 0 spiro atoms. The molecule has 0 aliphatic rings. The average Bonchev–Trinajstić information content (AvgIpc) is 2.56. The Labute approximate surface area is 145 Å². The lowest BCUT2D eigenvalue weighted by Crippen LogP contribution is -2.33. The van der Waals surface area contributed by atoms with Crippen molar-refractivity contribution >= 4 is 34.6 Å². The predicted molar refractivity (Wildman–Crippen MR) is 95.8 cm³/mol. The van der Waals surface area contributed by atoms with E-state index in [2.05, 4.69) is 5.32 Å². The second kappa shape index (κ2) is 7.79. The first-order valence-electron chi connectivity index (χ1n) is 7.46. The van der Waals surface area contributed by atoms with Crippen LogP contribution in [-0.4, -0.2) is 23.9 Å². The minimum absolute atomic E-state index is 0.00725. The number of likely N-dealkylation sites (N-methyl/N-ethyl adjacent to an activating group) is 1. The Morgan fingerprint density at radius 3 is 2.67 bits per heavy atom.